The summed E-state index contributed by atoms with van der Waals surface area (Å²) in [6, 6.07) is 0.732. The first-order chi connectivity index (χ1) is 7.93. The number of thioether (sulfide) groups is 1. The second-order valence-corrected chi connectivity index (χ2v) is 7.19. The fourth-order valence-corrected chi connectivity index (χ4v) is 4.90. The van der Waals surface area contributed by atoms with Crippen LogP contribution in [0.25, 0.3) is 0 Å². The zero-order valence-corrected chi connectivity index (χ0v) is 11.8. The lowest BCUT2D eigenvalue weighted by Gasteiger charge is -2.45. The molecule has 2 fully saturated rings. The van der Waals surface area contributed by atoms with Crippen molar-refractivity contribution in [2.45, 2.75) is 45.7 Å². The third-order valence-corrected chi connectivity index (χ3v) is 5.63. The summed E-state index contributed by atoms with van der Waals surface area (Å²) in [5.74, 6) is 1.61. The molecule has 3 nitrogen and oxygen atoms in total. The van der Waals surface area contributed by atoms with Crippen LogP contribution in [0.3, 0.4) is 0 Å². The highest BCUT2D eigenvalue weighted by Gasteiger charge is 2.44. The van der Waals surface area contributed by atoms with E-state index in [1.807, 2.05) is 11.8 Å². The lowest BCUT2D eigenvalue weighted by atomic mass is 9.81. The van der Waals surface area contributed by atoms with Gasteiger partial charge < -0.3 is 5.11 Å². The van der Waals surface area contributed by atoms with Gasteiger partial charge in [-0.3, -0.25) is 9.69 Å². The van der Waals surface area contributed by atoms with E-state index in [1.165, 1.54) is 12.2 Å². The normalized spacial score (nSPS) is 38.2. The average Bonchev–Trinajstić information content (AvgIpc) is 2.59. The molecule has 0 aromatic heterocycles. The van der Waals surface area contributed by atoms with Crippen molar-refractivity contribution in [2.24, 2.45) is 11.3 Å². The number of nitrogens with zero attached hydrogens (tertiary/aromatic N) is 1. The van der Waals surface area contributed by atoms with Gasteiger partial charge in [-0.15, -0.1) is 0 Å². The number of carboxylic acids is 1. The molecule has 0 spiro atoms. The largest absolute Gasteiger partial charge is 0.481 e. The fraction of sp³-hybridized carbons (Fsp3) is 0.923. The third-order valence-electron chi connectivity index (χ3n) is 4.59. The van der Waals surface area contributed by atoms with E-state index in [1.54, 1.807) is 0 Å². The molecule has 0 radical (unpaired) electrons. The van der Waals surface area contributed by atoms with Crippen LogP contribution in [-0.4, -0.2) is 46.1 Å². The quantitative estimate of drug-likeness (QED) is 0.824. The van der Waals surface area contributed by atoms with Crippen LogP contribution in [0.1, 0.15) is 33.6 Å². The van der Waals surface area contributed by atoms with Crippen LogP contribution in [0.2, 0.25) is 0 Å². The number of hydrogen-bond donors (Lipinski definition) is 1. The molecular formula is C13H23NO2S. The van der Waals surface area contributed by atoms with Crippen molar-refractivity contribution in [1.82, 2.24) is 4.90 Å². The minimum Gasteiger partial charge on any atom is -0.481 e. The van der Waals surface area contributed by atoms with Gasteiger partial charge in [0.1, 0.15) is 0 Å². The van der Waals surface area contributed by atoms with E-state index in [9.17, 15) is 9.90 Å². The Kier molecular flexibility index (Phi) is 3.74. The summed E-state index contributed by atoms with van der Waals surface area (Å²) in [6.07, 6.45) is 2.05. The second-order valence-electron chi connectivity index (χ2n) is 6.04. The Hall–Kier alpha value is -0.220. The lowest BCUT2D eigenvalue weighted by Crippen LogP contribution is -2.51. The van der Waals surface area contributed by atoms with Crippen LogP contribution in [-0.2, 0) is 4.79 Å². The molecule has 1 N–H and O–H groups in total. The summed E-state index contributed by atoms with van der Waals surface area (Å²) in [7, 11) is 0. The third kappa shape index (κ3) is 2.48. The van der Waals surface area contributed by atoms with Gasteiger partial charge in [0.2, 0.25) is 0 Å². The first-order valence-electron chi connectivity index (χ1n) is 6.50. The van der Waals surface area contributed by atoms with Gasteiger partial charge in [-0.25, -0.2) is 0 Å². The number of likely N-dealkylation sites (tertiary alicyclic amines) is 1. The molecule has 0 aromatic rings. The van der Waals surface area contributed by atoms with Crippen LogP contribution < -0.4 is 0 Å². The van der Waals surface area contributed by atoms with Gasteiger partial charge in [0.05, 0.1) is 5.92 Å². The Balaban J connectivity index is 2.10. The summed E-state index contributed by atoms with van der Waals surface area (Å²) in [4.78, 5) is 13.6. The Morgan fingerprint density at radius 2 is 2.18 bits per heavy atom. The number of carboxylic acid groups (broad SMARTS) is 1. The molecular weight excluding hydrogens is 234 g/mol. The van der Waals surface area contributed by atoms with Crippen molar-refractivity contribution in [3.63, 3.8) is 0 Å². The van der Waals surface area contributed by atoms with E-state index in [-0.39, 0.29) is 12.0 Å². The Morgan fingerprint density at radius 1 is 1.47 bits per heavy atom. The van der Waals surface area contributed by atoms with Gasteiger partial charge in [0.15, 0.2) is 0 Å². The fourth-order valence-electron chi connectivity index (χ4n) is 3.20. The Labute approximate surface area is 108 Å². The maximum absolute atomic E-state index is 11.2. The van der Waals surface area contributed by atoms with Crippen LogP contribution in [0, 0.1) is 11.3 Å². The Morgan fingerprint density at radius 3 is 2.71 bits per heavy atom. The predicted molar refractivity (Wildman–Crippen MR) is 71.4 cm³/mol. The molecule has 3 atom stereocenters. The maximum atomic E-state index is 11.2. The molecule has 2 aliphatic heterocycles. The molecule has 3 unspecified atom stereocenters. The molecule has 0 saturated carbocycles. The number of hydrogen-bond acceptors (Lipinski definition) is 3. The van der Waals surface area contributed by atoms with E-state index >= 15 is 0 Å². The average molecular weight is 257 g/mol. The van der Waals surface area contributed by atoms with Crippen LogP contribution >= 0.6 is 11.8 Å². The summed E-state index contributed by atoms with van der Waals surface area (Å²) >= 11 is 2.01. The monoisotopic (exact) mass is 257 g/mol. The van der Waals surface area contributed by atoms with Gasteiger partial charge in [0, 0.05) is 17.8 Å². The molecule has 2 aliphatic rings. The molecule has 0 bridgehead atoms. The van der Waals surface area contributed by atoms with E-state index in [0.717, 1.165) is 18.7 Å². The lowest BCUT2D eigenvalue weighted by molar-refractivity contribution is -0.142. The topological polar surface area (TPSA) is 40.5 Å². The van der Waals surface area contributed by atoms with Crippen molar-refractivity contribution in [3.05, 3.63) is 0 Å². The molecule has 4 heteroatoms. The van der Waals surface area contributed by atoms with Gasteiger partial charge in [-0.1, -0.05) is 13.8 Å². The second kappa shape index (κ2) is 4.81. The van der Waals surface area contributed by atoms with Gasteiger partial charge >= 0.3 is 5.97 Å². The van der Waals surface area contributed by atoms with Crippen molar-refractivity contribution in [1.29, 1.82) is 0 Å². The molecule has 0 amide bonds. The van der Waals surface area contributed by atoms with E-state index < -0.39 is 5.97 Å². The van der Waals surface area contributed by atoms with Gasteiger partial charge in [0.25, 0.3) is 0 Å². The standard InChI is InChI=1S/C13H23NO2S/c1-9-10(12(15)16)4-6-14(9)11-8-17-7-5-13(11,2)3/h9-11H,4-8H2,1-3H3,(H,15,16). The molecule has 17 heavy (non-hydrogen) atoms. The minimum atomic E-state index is -0.624. The molecule has 98 valence electrons. The summed E-state index contributed by atoms with van der Waals surface area (Å²) in [6.45, 7) is 7.70. The summed E-state index contributed by atoms with van der Waals surface area (Å²) in [5.41, 5.74) is 0.326. The first-order valence-corrected chi connectivity index (χ1v) is 7.65. The zero-order valence-electron chi connectivity index (χ0n) is 11.0. The SMILES string of the molecule is CC1C(C(=O)O)CCN1C1CSCCC1(C)C. The molecule has 2 heterocycles. The predicted octanol–water partition coefficient (Wildman–Crippen LogP) is 2.31. The van der Waals surface area contributed by atoms with E-state index in [4.69, 9.17) is 0 Å². The molecule has 2 saturated heterocycles. The van der Waals surface area contributed by atoms with E-state index in [0.29, 0.717) is 11.5 Å². The van der Waals surface area contributed by atoms with E-state index in [2.05, 4.69) is 25.7 Å². The van der Waals surface area contributed by atoms with Gasteiger partial charge in [-0.2, -0.15) is 11.8 Å². The van der Waals surface area contributed by atoms with Crippen LogP contribution in [0.15, 0.2) is 0 Å². The highest BCUT2D eigenvalue weighted by atomic mass is 32.2. The highest BCUT2D eigenvalue weighted by Crippen LogP contribution is 2.41. The minimum absolute atomic E-state index is 0.169. The van der Waals surface area contributed by atoms with Gasteiger partial charge in [-0.05, 0) is 37.5 Å². The number of rotatable bonds is 2. The highest BCUT2D eigenvalue weighted by molar-refractivity contribution is 7.99. The summed E-state index contributed by atoms with van der Waals surface area (Å²) < 4.78 is 0. The van der Waals surface area contributed by atoms with Crippen molar-refractivity contribution in [3.8, 4) is 0 Å². The first kappa shape index (κ1) is 13.2. The van der Waals surface area contributed by atoms with Crippen LogP contribution in [0.4, 0.5) is 0 Å². The van der Waals surface area contributed by atoms with Crippen LogP contribution in [0.5, 0.6) is 0 Å². The van der Waals surface area contributed by atoms with Crippen molar-refractivity contribution in [2.75, 3.05) is 18.1 Å². The summed E-state index contributed by atoms with van der Waals surface area (Å²) in [5, 5.41) is 9.20. The molecule has 0 aliphatic carbocycles. The Bertz CT molecular complexity index is 306. The molecule has 0 aromatic carbocycles. The molecule has 2 rings (SSSR count). The smallest absolute Gasteiger partial charge is 0.308 e. The van der Waals surface area contributed by atoms with Crippen molar-refractivity contribution < 1.29 is 9.90 Å². The zero-order chi connectivity index (χ0) is 12.6. The van der Waals surface area contributed by atoms with Crippen molar-refractivity contribution >= 4 is 17.7 Å². The number of aliphatic carboxylic acids is 1. The maximum Gasteiger partial charge on any atom is 0.308 e. The number of carbonyl (C=O) groups is 1.